The van der Waals surface area contributed by atoms with Crippen LogP contribution < -0.4 is 14.8 Å². The number of imidazole rings is 1. The van der Waals surface area contributed by atoms with Crippen molar-refractivity contribution in [2.24, 2.45) is 0 Å². The number of methoxy groups -OCH3 is 2. The Morgan fingerprint density at radius 1 is 0.917 bits per heavy atom. The van der Waals surface area contributed by atoms with Crippen LogP contribution in [0.4, 0.5) is 0 Å². The molecule has 0 spiro atoms. The van der Waals surface area contributed by atoms with Crippen LogP contribution in [0.1, 0.15) is 23.7 Å². The Labute approximate surface area is 216 Å². The van der Waals surface area contributed by atoms with E-state index in [9.17, 15) is 4.79 Å². The van der Waals surface area contributed by atoms with Crippen molar-refractivity contribution in [3.63, 3.8) is 0 Å². The number of ether oxygens (including phenoxy) is 2. The summed E-state index contributed by atoms with van der Waals surface area (Å²) in [5.41, 5.74) is 4.84. The van der Waals surface area contributed by atoms with Crippen LogP contribution in [0.3, 0.4) is 0 Å². The van der Waals surface area contributed by atoms with Crippen LogP contribution in [0.5, 0.6) is 11.5 Å². The molecular formula is C29H31N3O3S. The molecule has 4 rings (SSSR count). The van der Waals surface area contributed by atoms with Gasteiger partial charge in [-0.15, -0.1) is 0 Å². The molecule has 1 amide bonds. The van der Waals surface area contributed by atoms with Gasteiger partial charge in [0.15, 0.2) is 5.16 Å². The molecule has 0 aliphatic heterocycles. The second kappa shape index (κ2) is 12.3. The first-order valence-electron chi connectivity index (χ1n) is 12.0. The maximum absolute atomic E-state index is 12.7. The van der Waals surface area contributed by atoms with Crippen LogP contribution in [0.15, 0.2) is 84.0 Å². The lowest BCUT2D eigenvalue weighted by molar-refractivity contribution is 0.0955. The summed E-state index contributed by atoms with van der Waals surface area (Å²) in [4.78, 5) is 17.8. The van der Waals surface area contributed by atoms with Crippen LogP contribution in [0.25, 0.3) is 22.5 Å². The molecule has 3 aromatic carbocycles. The smallest absolute Gasteiger partial charge is 0.251 e. The Balaban J connectivity index is 1.53. The number of hydrogen-bond donors (Lipinski definition) is 1. The summed E-state index contributed by atoms with van der Waals surface area (Å²) in [6.45, 7) is 3.54. The fourth-order valence-electron chi connectivity index (χ4n) is 4.01. The van der Waals surface area contributed by atoms with Crippen molar-refractivity contribution in [3.05, 3.63) is 84.4 Å². The zero-order chi connectivity index (χ0) is 25.3. The van der Waals surface area contributed by atoms with Gasteiger partial charge >= 0.3 is 0 Å². The molecule has 186 valence electrons. The highest BCUT2D eigenvalue weighted by Gasteiger charge is 2.20. The summed E-state index contributed by atoms with van der Waals surface area (Å²) in [7, 11) is 3.14. The van der Waals surface area contributed by atoms with Gasteiger partial charge in [-0.25, -0.2) is 4.98 Å². The van der Waals surface area contributed by atoms with E-state index in [1.165, 1.54) is 0 Å². The number of aromatic nitrogens is 2. The van der Waals surface area contributed by atoms with E-state index < -0.39 is 0 Å². The lowest BCUT2D eigenvalue weighted by Gasteiger charge is -2.12. The number of nitrogens with one attached hydrogen (secondary N) is 1. The molecule has 0 bridgehead atoms. The summed E-state index contributed by atoms with van der Waals surface area (Å²) in [5, 5.41) is 3.95. The largest absolute Gasteiger partial charge is 0.497 e. The number of carbonyl (C=O) groups is 1. The number of rotatable bonds is 11. The minimum atomic E-state index is -0.167. The molecule has 0 saturated heterocycles. The molecule has 6 nitrogen and oxygen atoms in total. The Hall–Kier alpha value is -3.71. The normalized spacial score (nSPS) is 10.8. The number of nitrogens with zero attached hydrogens (tertiary/aromatic N) is 2. The van der Waals surface area contributed by atoms with Gasteiger partial charge in [0.2, 0.25) is 0 Å². The van der Waals surface area contributed by atoms with E-state index in [0.29, 0.717) is 29.4 Å². The molecule has 0 saturated carbocycles. The number of hydrogen-bond acceptors (Lipinski definition) is 5. The summed E-state index contributed by atoms with van der Waals surface area (Å²) in [5.74, 6) is 1.69. The van der Waals surface area contributed by atoms with Gasteiger partial charge in [0.1, 0.15) is 11.5 Å². The summed E-state index contributed by atoms with van der Waals surface area (Å²) < 4.78 is 12.9. The average molecular weight is 502 g/mol. The van der Waals surface area contributed by atoms with Gasteiger partial charge in [-0.3, -0.25) is 4.79 Å². The van der Waals surface area contributed by atoms with Crippen molar-refractivity contribution in [1.29, 1.82) is 0 Å². The fourth-order valence-corrected chi connectivity index (χ4v) is 4.89. The topological polar surface area (TPSA) is 65.4 Å². The predicted octanol–water partition coefficient (Wildman–Crippen LogP) is 6.17. The first-order valence-corrected chi connectivity index (χ1v) is 13.0. The minimum absolute atomic E-state index is 0.167. The molecule has 0 atom stereocenters. The van der Waals surface area contributed by atoms with Gasteiger partial charge in [-0.1, -0.05) is 79.3 Å². The maximum atomic E-state index is 12.7. The van der Waals surface area contributed by atoms with Crippen LogP contribution in [-0.2, 0) is 6.54 Å². The molecule has 0 aliphatic carbocycles. The standard InChI is InChI=1S/C29H31N3O3S/c1-4-16-32-27(22-13-9-6-10-14-22)26(21-11-7-5-8-12-21)31-29(32)36-17-15-30-28(33)23-18-24(34-2)20-25(19-23)35-3/h5-14,18-20H,4,15-17H2,1-3H3,(H,30,33). The zero-order valence-electron chi connectivity index (χ0n) is 20.9. The van der Waals surface area contributed by atoms with Crippen molar-refractivity contribution in [2.75, 3.05) is 26.5 Å². The average Bonchev–Trinajstić information content (AvgIpc) is 3.29. The Morgan fingerprint density at radius 3 is 2.11 bits per heavy atom. The van der Waals surface area contributed by atoms with E-state index in [1.54, 1.807) is 44.2 Å². The van der Waals surface area contributed by atoms with Gasteiger partial charge in [0.25, 0.3) is 5.91 Å². The van der Waals surface area contributed by atoms with Gasteiger partial charge in [-0.05, 0) is 18.6 Å². The predicted molar refractivity (Wildman–Crippen MR) is 146 cm³/mol. The van der Waals surface area contributed by atoms with Gasteiger partial charge < -0.3 is 19.4 Å². The minimum Gasteiger partial charge on any atom is -0.497 e. The molecule has 1 heterocycles. The first-order chi connectivity index (χ1) is 17.6. The lowest BCUT2D eigenvalue weighted by atomic mass is 10.0. The molecule has 1 aromatic heterocycles. The van der Waals surface area contributed by atoms with E-state index in [2.05, 4.69) is 53.2 Å². The van der Waals surface area contributed by atoms with Gasteiger partial charge in [-0.2, -0.15) is 0 Å². The van der Waals surface area contributed by atoms with Crippen LogP contribution in [0.2, 0.25) is 0 Å². The second-order valence-electron chi connectivity index (χ2n) is 8.18. The molecular weight excluding hydrogens is 470 g/mol. The Bertz CT molecular complexity index is 1270. The van der Waals surface area contributed by atoms with Crippen molar-refractivity contribution in [2.45, 2.75) is 25.0 Å². The third kappa shape index (κ3) is 5.91. The molecule has 36 heavy (non-hydrogen) atoms. The Kier molecular flexibility index (Phi) is 8.68. The first kappa shape index (κ1) is 25.4. The lowest BCUT2D eigenvalue weighted by Crippen LogP contribution is -2.25. The quantitative estimate of drug-likeness (QED) is 0.197. The second-order valence-corrected chi connectivity index (χ2v) is 9.24. The van der Waals surface area contributed by atoms with E-state index in [1.807, 2.05) is 24.3 Å². The summed E-state index contributed by atoms with van der Waals surface area (Å²) >= 11 is 1.65. The Morgan fingerprint density at radius 2 is 1.53 bits per heavy atom. The van der Waals surface area contributed by atoms with Gasteiger partial charge in [0, 0.05) is 41.6 Å². The molecule has 0 aliphatic rings. The number of thioether (sulfide) groups is 1. The van der Waals surface area contributed by atoms with Crippen LogP contribution >= 0.6 is 11.8 Å². The van der Waals surface area contributed by atoms with E-state index in [-0.39, 0.29) is 5.91 Å². The highest BCUT2D eigenvalue weighted by Crippen LogP contribution is 2.36. The number of amides is 1. The monoisotopic (exact) mass is 501 g/mol. The SMILES string of the molecule is CCCn1c(SCCNC(=O)c2cc(OC)cc(OC)c2)nc(-c2ccccc2)c1-c1ccccc1. The molecule has 0 unspecified atom stereocenters. The van der Waals surface area contributed by atoms with Crippen molar-refractivity contribution in [3.8, 4) is 34.0 Å². The third-order valence-corrected chi connectivity index (χ3v) is 6.68. The van der Waals surface area contributed by atoms with Crippen molar-refractivity contribution in [1.82, 2.24) is 14.9 Å². The van der Waals surface area contributed by atoms with E-state index >= 15 is 0 Å². The highest BCUT2D eigenvalue weighted by molar-refractivity contribution is 7.99. The van der Waals surface area contributed by atoms with Crippen LogP contribution in [0, 0.1) is 0 Å². The van der Waals surface area contributed by atoms with Crippen molar-refractivity contribution < 1.29 is 14.3 Å². The molecule has 4 aromatic rings. The molecule has 0 radical (unpaired) electrons. The number of carbonyl (C=O) groups excluding carboxylic acids is 1. The molecule has 1 N–H and O–H groups in total. The van der Waals surface area contributed by atoms with E-state index in [0.717, 1.165) is 40.6 Å². The van der Waals surface area contributed by atoms with Crippen LogP contribution in [-0.4, -0.2) is 42.0 Å². The molecule has 7 heteroatoms. The summed E-state index contributed by atoms with van der Waals surface area (Å²) in [6.07, 6.45) is 0.992. The van der Waals surface area contributed by atoms with Crippen molar-refractivity contribution >= 4 is 17.7 Å². The molecule has 0 fully saturated rings. The van der Waals surface area contributed by atoms with Gasteiger partial charge in [0.05, 0.1) is 25.6 Å². The third-order valence-electron chi connectivity index (χ3n) is 5.71. The fraction of sp³-hybridized carbons (Fsp3) is 0.241. The maximum Gasteiger partial charge on any atom is 0.251 e. The highest BCUT2D eigenvalue weighted by atomic mass is 32.2. The number of benzene rings is 3. The summed E-state index contributed by atoms with van der Waals surface area (Å²) in [6, 6.07) is 25.9. The zero-order valence-corrected chi connectivity index (χ0v) is 21.7. The van der Waals surface area contributed by atoms with E-state index in [4.69, 9.17) is 14.5 Å².